The Balaban J connectivity index is 2.37. The van der Waals surface area contributed by atoms with Gasteiger partial charge in [0.1, 0.15) is 0 Å². The van der Waals surface area contributed by atoms with E-state index in [0.717, 1.165) is 24.8 Å². The maximum Gasteiger partial charge on any atom is 0.358 e. The lowest BCUT2D eigenvalue weighted by Gasteiger charge is -2.12. The summed E-state index contributed by atoms with van der Waals surface area (Å²) in [5, 5.41) is 4.17. The van der Waals surface area contributed by atoms with Gasteiger partial charge in [0.05, 0.1) is 7.11 Å². The molecule has 2 N–H and O–H groups in total. The summed E-state index contributed by atoms with van der Waals surface area (Å²) in [5.41, 5.74) is 7.12. The van der Waals surface area contributed by atoms with Gasteiger partial charge in [-0.05, 0) is 25.8 Å². The molecule has 0 amide bonds. The average molecular weight is 223 g/mol. The van der Waals surface area contributed by atoms with E-state index in [4.69, 9.17) is 10.5 Å². The van der Waals surface area contributed by atoms with Crippen molar-refractivity contribution >= 4 is 5.97 Å². The van der Waals surface area contributed by atoms with E-state index in [1.165, 1.54) is 7.11 Å². The van der Waals surface area contributed by atoms with Crippen LogP contribution in [0.15, 0.2) is 6.20 Å². The highest BCUT2D eigenvalue weighted by Crippen LogP contribution is 2.51. The summed E-state index contributed by atoms with van der Waals surface area (Å²) in [7, 11) is 3.19. The fourth-order valence-electron chi connectivity index (χ4n) is 2.21. The first-order valence-electron chi connectivity index (χ1n) is 5.45. The molecule has 0 unspecified atom stereocenters. The van der Waals surface area contributed by atoms with Gasteiger partial charge in [-0.1, -0.05) is 0 Å². The largest absolute Gasteiger partial charge is 0.464 e. The van der Waals surface area contributed by atoms with Crippen LogP contribution in [-0.2, 0) is 17.2 Å². The number of carbonyl (C=O) groups excluding carboxylic acids is 1. The second-order valence-corrected chi connectivity index (χ2v) is 4.38. The molecule has 0 radical (unpaired) electrons. The first kappa shape index (κ1) is 11.1. The Kier molecular flexibility index (Phi) is 2.71. The molecule has 1 fully saturated rings. The number of methoxy groups -OCH3 is 1. The van der Waals surface area contributed by atoms with Crippen LogP contribution in [0.2, 0.25) is 0 Å². The summed E-state index contributed by atoms with van der Waals surface area (Å²) in [4.78, 5) is 11.6. The molecule has 1 aromatic heterocycles. The number of hydrogen-bond donors (Lipinski definition) is 1. The van der Waals surface area contributed by atoms with E-state index in [9.17, 15) is 4.79 Å². The molecule has 1 aliphatic rings. The quantitative estimate of drug-likeness (QED) is 0.758. The minimum atomic E-state index is -0.362. The van der Waals surface area contributed by atoms with E-state index in [-0.39, 0.29) is 11.4 Å². The van der Waals surface area contributed by atoms with Crippen molar-refractivity contribution in [2.24, 2.45) is 12.8 Å². The molecule has 1 aromatic rings. The lowest BCUT2D eigenvalue weighted by molar-refractivity contribution is 0.0591. The van der Waals surface area contributed by atoms with E-state index < -0.39 is 0 Å². The van der Waals surface area contributed by atoms with Crippen molar-refractivity contribution in [2.45, 2.75) is 24.7 Å². The van der Waals surface area contributed by atoms with Crippen LogP contribution >= 0.6 is 0 Å². The number of esters is 1. The van der Waals surface area contributed by atoms with Gasteiger partial charge < -0.3 is 10.5 Å². The minimum Gasteiger partial charge on any atom is -0.464 e. The van der Waals surface area contributed by atoms with Gasteiger partial charge in [-0.25, -0.2) is 4.79 Å². The Morgan fingerprint density at radius 3 is 2.88 bits per heavy atom. The molecule has 1 saturated carbocycles. The number of nitrogens with zero attached hydrogens (tertiary/aromatic N) is 2. The summed E-state index contributed by atoms with van der Waals surface area (Å²) in [6.07, 6.45) is 4.98. The predicted molar refractivity (Wildman–Crippen MR) is 59.1 cm³/mol. The summed E-state index contributed by atoms with van der Waals surface area (Å²) in [6.45, 7) is 0.634. The maximum absolute atomic E-state index is 11.6. The van der Waals surface area contributed by atoms with Gasteiger partial charge in [0, 0.05) is 24.2 Å². The Morgan fingerprint density at radius 2 is 2.38 bits per heavy atom. The number of carbonyl (C=O) groups is 1. The van der Waals surface area contributed by atoms with Gasteiger partial charge in [-0.15, -0.1) is 0 Å². The van der Waals surface area contributed by atoms with Crippen LogP contribution in [0.4, 0.5) is 0 Å². The monoisotopic (exact) mass is 223 g/mol. The SMILES string of the molecule is COC(=O)c1nn(C)cc1C1(CCN)CC1. The second-order valence-electron chi connectivity index (χ2n) is 4.38. The normalized spacial score (nSPS) is 17.2. The van der Waals surface area contributed by atoms with Gasteiger partial charge in [-0.3, -0.25) is 4.68 Å². The second kappa shape index (κ2) is 3.90. The third kappa shape index (κ3) is 1.71. The Hall–Kier alpha value is -1.36. The maximum atomic E-state index is 11.6. The Labute approximate surface area is 94.6 Å². The summed E-state index contributed by atoms with van der Waals surface area (Å²) in [5.74, 6) is -0.362. The van der Waals surface area contributed by atoms with Crippen molar-refractivity contribution in [1.82, 2.24) is 9.78 Å². The number of rotatable bonds is 4. The number of aryl methyl sites for hydroxylation is 1. The zero-order valence-electron chi connectivity index (χ0n) is 9.69. The Morgan fingerprint density at radius 1 is 1.69 bits per heavy atom. The van der Waals surface area contributed by atoms with Crippen LogP contribution in [0.25, 0.3) is 0 Å². The van der Waals surface area contributed by atoms with Crippen molar-refractivity contribution < 1.29 is 9.53 Å². The summed E-state index contributed by atoms with van der Waals surface area (Å²) >= 11 is 0. The average Bonchev–Trinajstić information content (AvgIpc) is 2.93. The van der Waals surface area contributed by atoms with E-state index in [2.05, 4.69) is 5.10 Å². The third-order valence-corrected chi connectivity index (χ3v) is 3.26. The zero-order valence-corrected chi connectivity index (χ0v) is 9.69. The molecule has 16 heavy (non-hydrogen) atoms. The molecule has 0 spiro atoms. The number of ether oxygens (including phenoxy) is 1. The van der Waals surface area contributed by atoms with E-state index in [0.29, 0.717) is 12.2 Å². The Bertz CT molecular complexity index is 407. The number of aromatic nitrogens is 2. The topological polar surface area (TPSA) is 70.1 Å². The van der Waals surface area contributed by atoms with Gasteiger partial charge in [0.2, 0.25) is 0 Å². The highest BCUT2D eigenvalue weighted by Gasteiger charge is 2.47. The molecule has 0 saturated heterocycles. The lowest BCUT2D eigenvalue weighted by Crippen LogP contribution is -2.17. The van der Waals surface area contributed by atoms with Gasteiger partial charge in [0.25, 0.3) is 0 Å². The van der Waals surface area contributed by atoms with Crippen LogP contribution < -0.4 is 5.73 Å². The highest BCUT2D eigenvalue weighted by atomic mass is 16.5. The molecule has 0 atom stereocenters. The molecule has 2 rings (SSSR count). The van der Waals surface area contributed by atoms with E-state index in [1.54, 1.807) is 4.68 Å². The molecule has 5 heteroatoms. The third-order valence-electron chi connectivity index (χ3n) is 3.26. The first-order chi connectivity index (χ1) is 7.63. The number of hydrogen-bond acceptors (Lipinski definition) is 4. The van der Waals surface area contributed by atoms with Gasteiger partial charge >= 0.3 is 5.97 Å². The fourth-order valence-corrected chi connectivity index (χ4v) is 2.21. The van der Waals surface area contributed by atoms with Crippen LogP contribution in [0.3, 0.4) is 0 Å². The van der Waals surface area contributed by atoms with Crippen molar-refractivity contribution in [3.8, 4) is 0 Å². The zero-order chi connectivity index (χ0) is 11.8. The lowest BCUT2D eigenvalue weighted by atomic mass is 9.93. The molecule has 88 valence electrons. The van der Waals surface area contributed by atoms with Crippen LogP contribution in [0.5, 0.6) is 0 Å². The molecule has 0 bridgehead atoms. The first-order valence-corrected chi connectivity index (χ1v) is 5.45. The summed E-state index contributed by atoms with van der Waals surface area (Å²) < 4.78 is 6.41. The number of nitrogens with two attached hydrogens (primary N) is 1. The smallest absolute Gasteiger partial charge is 0.358 e. The molecule has 0 aliphatic heterocycles. The van der Waals surface area contributed by atoms with Gasteiger partial charge in [0.15, 0.2) is 5.69 Å². The standard InChI is InChI=1S/C11H17N3O2/c1-14-7-8(9(13-14)10(15)16-2)11(3-4-11)5-6-12/h7H,3-6,12H2,1-2H3. The fraction of sp³-hybridized carbons (Fsp3) is 0.636. The predicted octanol–water partition coefficient (Wildman–Crippen LogP) is 0.587. The summed E-state index contributed by atoms with van der Waals surface area (Å²) in [6, 6.07) is 0. The minimum absolute atomic E-state index is 0.0759. The van der Waals surface area contributed by atoms with Crippen LogP contribution in [0.1, 0.15) is 35.3 Å². The highest BCUT2D eigenvalue weighted by molar-refractivity contribution is 5.89. The van der Waals surface area contributed by atoms with Gasteiger partial charge in [-0.2, -0.15) is 5.10 Å². The van der Waals surface area contributed by atoms with Crippen LogP contribution in [-0.4, -0.2) is 29.4 Å². The molecular weight excluding hydrogens is 206 g/mol. The van der Waals surface area contributed by atoms with Crippen LogP contribution in [0, 0.1) is 0 Å². The molecule has 1 aliphatic carbocycles. The molecule has 1 heterocycles. The van der Waals surface area contributed by atoms with Crippen molar-refractivity contribution in [3.63, 3.8) is 0 Å². The van der Waals surface area contributed by atoms with Crippen molar-refractivity contribution in [3.05, 3.63) is 17.5 Å². The van der Waals surface area contributed by atoms with Crippen molar-refractivity contribution in [1.29, 1.82) is 0 Å². The van der Waals surface area contributed by atoms with Crippen molar-refractivity contribution in [2.75, 3.05) is 13.7 Å². The molecular formula is C11H17N3O2. The van der Waals surface area contributed by atoms with E-state index >= 15 is 0 Å². The van der Waals surface area contributed by atoms with E-state index in [1.807, 2.05) is 13.2 Å². The molecule has 5 nitrogen and oxygen atoms in total. The molecule has 0 aromatic carbocycles.